The summed E-state index contributed by atoms with van der Waals surface area (Å²) >= 11 is 0. The molecule has 21 heavy (non-hydrogen) atoms. The second-order valence-corrected chi connectivity index (χ2v) is 6.56. The van der Waals surface area contributed by atoms with Crippen molar-refractivity contribution < 1.29 is 14.3 Å². The Hall–Kier alpha value is -1.84. The fraction of sp³-hybridized carbons (Fsp3) is 0.529. The number of nitrogens with zero attached hydrogens (tertiary/aromatic N) is 1. The van der Waals surface area contributed by atoms with Crippen LogP contribution in [0, 0.1) is 5.92 Å². The monoisotopic (exact) mass is 289 g/mol. The standard InChI is InChI=1S/C17H23NO3/c1-12-14(13-8-6-5-7-9-13)10-11-18(15(12)19)16(20)21-17(2,3)4/h5-9,12,14H,10-11H2,1-4H3/t12-,14+/m0/s1. The third-order valence-corrected chi connectivity index (χ3v) is 3.76. The quantitative estimate of drug-likeness (QED) is 0.794. The normalized spacial score (nSPS) is 23.0. The molecule has 0 N–H and O–H groups in total. The van der Waals surface area contributed by atoms with E-state index in [9.17, 15) is 9.59 Å². The van der Waals surface area contributed by atoms with E-state index in [0.717, 1.165) is 12.0 Å². The number of imide groups is 1. The van der Waals surface area contributed by atoms with Gasteiger partial charge in [0.15, 0.2) is 0 Å². The summed E-state index contributed by atoms with van der Waals surface area (Å²) in [6, 6.07) is 10.0. The maximum atomic E-state index is 12.5. The Labute approximate surface area is 126 Å². The Balaban J connectivity index is 2.10. The molecular weight excluding hydrogens is 266 g/mol. The van der Waals surface area contributed by atoms with Gasteiger partial charge >= 0.3 is 6.09 Å². The number of hydrogen-bond acceptors (Lipinski definition) is 3. The molecule has 0 aliphatic carbocycles. The first-order valence-electron chi connectivity index (χ1n) is 7.39. The molecule has 1 aromatic carbocycles. The first-order valence-corrected chi connectivity index (χ1v) is 7.39. The Bertz CT molecular complexity index is 519. The second-order valence-electron chi connectivity index (χ2n) is 6.56. The van der Waals surface area contributed by atoms with Crippen LogP contribution in [0.4, 0.5) is 4.79 Å². The molecule has 0 saturated carbocycles. The third-order valence-electron chi connectivity index (χ3n) is 3.76. The zero-order valence-corrected chi connectivity index (χ0v) is 13.1. The highest BCUT2D eigenvalue weighted by Gasteiger charge is 2.38. The van der Waals surface area contributed by atoms with Gasteiger partial charge < -0.3 is 4.74 Å². The minimum Gasteiger partial charge on any atom is -0.443 e. The summed E-state index contributed by atoms with van der Waals surface area (Å²) in [5.41, 5.74) is 0.568. The summed E-state index contributed by atoms with van der Waals surface area (Å²) in [6.07, 6.45) is 0.238. The largest absolute Gasteiger partial charge is 0.443 e. The van der Waals surface area contributed by atoms with E-state index in [-0.39, 0.29) is 17.7 Å². The van der Waals surface area contributed by atoms with Crippen LogP contribution < -0.4 is 0 Å². The van der Waals surface area contributed by atoms with Gasteiger partial charge in [0.2, 0.25) is 5.91 Å². The lowest BCUT2D eigenvalue weighted by Crippen LogP contribution is -2.48. The number of piperidine rings is 1. The Morgan fingerprint density at radius 3 is 2.43 bits per heavy atom. The van der Waals surface area contributed by atoms with Gasteiger partial charge in [-0.25, -0.2) is 9.69 Å². The van der Waals surface area contributed by atoms with Crippen LogP contribution in [0.2, 0.25) is 0 Å². The predicted molar refractivity (Wildman–Crippen MR) is 80.9 cm³/mol. The molecule has 1 aliphatic rings. The van der Waals surface area contributed by atoms with Gasteiger partial charge in [-0.3, -0.25) is 4.79 Å². The Kier molecular flexibility index (Phi) is 4.35. The third kappa shape index (κ3) is 3.63. The predicted octanol–water partition coefficient (Wildman–Crippen LogP) is 3.57. The van der Waals surface area contributed by atoms with Crippen LogP contribution in [0.15, 0.2) is 30.3 Å². The summed E-state index contributed by atoms with van der Waals surface area (Å²) in [4.78, 5) is 25.8. The molecule has 2 amide bonds. The van der Waals surface area contributed by atoms with Gasteiger partial charge in [-0.1, -0.05) is 37.3 Å². The Morgan fingerprint density at radius 1 is 1.24 bits per heavy atom. The summed E-state index contributed by atoms with van der Waals surface area (Å²) in [5.74, 6) is -0.199. The Morgan fingerprint density at radius 2 is 1.86 bits per heavy atom. The molecule has 0 bridgehead atoms. The molecule has 2 atom stereocenters. The number of ether oxygens (including phenoxy) is 1. The lowest BCUT2D eigenvalue weighted by atomic mass is 9.81. The van der Waals surface area contributed by atoms with E-state index in [1.54, 1.807) is 20.8 Å². The molecule has 0 unspecified atom stereocenters. The van der Waals surface area contributed by atoms with Crippen molar-refractivity contribution in [3.05, 3.63) is 35.9 Å². The molecule has 4 heteroatoms. The highest BCUT2D eigenvalue weighted by atomic mass is 16.6. The highest BCUT2D eigenvalue weighted by molar-refractivity contribution is 5.94. The second kappa shape index (κ2) is 5.88. The van der Waals surface area contributed by atoms with Crippen molar-refractivity contribution in [2.24, 2.45) is 5.92 Å². The van der Waals surface area contributed by atoms with E-state index in [4.69, 9.17) is 4.74 Å². The summed E-state index contributed by atoms with van der Waals surface area (Å²) in [6.45, 7) is 7.70. The van der Waals surface area contributed by atoms with E-state index in [1.807, 2.05) is 37.3 Å². The maximum Gasteiger partial charge on any atom is 0.417 e. The van der Waals surface area contributed by atoms with Gasteiger partial charge in [0, 0.05) is 12.5 Å². The molecule has 2 rings (SSSR count). The molecule has 0 spiro atoms. The van der Waals surface area contributed by atoms with Gasteiger partial charge in [0.25, 0.3) is 0 Å². The molecular formula is C17H23NO3. The van der Waals surface area contributed by atoms with Crippen LogP contribution in [0.1, 0.15) is 45.6 Å². The maximum absolute atomic E-state index is 12.5. The number of rotatable bonds is 1. The number of amides is 2. The van der Waals surface area contributed by atoms with Crippen molar-refractivity contribution in [3.8, 4) is 0 Å². The van der Waals surface area contributed by atoms with Crippen LogP contribution in [0.3, 0.4) is 0 Å². The van der Waals surface area contributed by atoms with Crippen LogP contribution >= 0.6 is 0 Å². The first kappa shape index (κ1) is 15.5. The van der Waals surface area contributed by atoms with Crippen molar-refractivity contribution >= 4 is 12.0 Å². The number of carbonyl (C=O) groups is 2. The van der Waals surface area contributed by atoms with Gasteiger partial charge in [-0.2, -0.15) is 0 Å². The smallest absolute Gasteiger partial charge is 0.417 e. The molecule has 1 fully saturated rings. The minimum atomic E-state index is -0.586. The van der Waals surface area contributed by atoms with E-state index < -0.39 is 11.7 Å². The molecule has 1 aromatic rings. The molecule has 1 heterocycles. The lowest BCUT2D eigenvalue weighted by molar-refractivity contribution is -0.137. The number of benzene rings is 1. The molecule has 0 aromatic heterocycles. The van der Waals surface area contributed by atoms with Crippen molar-refractivity contribution in [1.29, 1.82) is 0 Å². The topological polar surface area (TPSA) is 46.6 Å². The van der Waals surface area contributed by atoms with E-state index in [2.05, 4.69) is 0 Å². The van der Waals surface area contributed by atoms with Gasteiger partial charge in [0.05, 0.1) is 0 Å². The van der Waals surface area contributed by atoms with Gasteiger partial charge in [-0.05, 0) is 38.7 Å². The van der Waals surface area contributed by atoms with Crippen LogP contribution in [-0.4, -0.2) is 29.0 Å². The molecule has 1 aliphatic heterocycles. The fourth-order valence-corrected chi connectivity index (χ4v) is 2.70. The molecule has 1 saturated heterocycles. The van der Waals surface area contributed by atoms with Crippen molar-refractivity contribution in [1.82, 2.24) is 4.90 Å². The molecule has 114 valence electrons. The van der Waals surface area contributed by atoms with Crippen LogP contribution in [-0.2, 0) is 9.53 Å². The lowest BCUT2D eigenvalue weighted by Gasteiger charge is -2.36. The van der Waals surface area contributed by atoms with Crippen molar-refractivity contribution in [2.75, 3.05) is 6.54 Å². The summed E-state index contributed by atoms with van der Waals surface area (Å²) < 4.78 is 5.30. The van der Waals surface area contributed by atoms with E-state index in [0.29, 0.717) is 6.54 Å². The fourth-order valence-electron chi connectivity index (χ4n) is 2.70. The van der Waals surface area contributed by atoms with E-state index in [1.165, 1.54) is 4.90 Å². The van der Waals surface area contributed by atoms with E-state index >= 15 is 0 Å². The first-order chi connectivity index (χ1) is 9.79. The summed E-state index contributed by atoms with van der Waals surface area (Å²) in [7, 11) is 0. The average Bonchev–Trinajstić information content (AvgIpc) is 2.40. The average molecular weight is 289 g/mol. The molecule has 0 radical (unpaired) electrons. The van der Waals surface area contributed by atoms with Crippen molar-refractivity contribution in [2.45, 2.75) is 45.6 Å². The minimum absolute atomic E-state index is 0.149. The van der Waals surface area contributed by atoms with Crippen LogP contribution in [0.25, 0.3) is 0 Å². The zero-order valence-electron chi connectivity index (χ0n) is 13.1. The number of hydrogen-bond donors (Lipinski definition) is 0. The van der Waals surface area contributed by atoms with Gasteiger partial charge in [-0.15, -0.1) is 0 Å². The van der Waals surface area contributed by atoms with Crippen molar-refractivity contribution in [3.63, 3.8) is 0 Å². The van der Waals surface area contributed by atoms with Crippen LogP contribution in [0.5, 0.6) is 0 Å². The number of likely N-dealkylation sites (tertiary alicyclic amines) is 1. The summed E-state index contributed by atoms with van der Waals surface area (Å²) in [5, 5.41) is 0. The van der Waals surface area contributed by atoms with Gasteiger partial charge in [0.1, 0.15) is 5.60 Å². The SMILES string of the molecule is C[C@@H]1C(=O)N(C(=O)OC(C)(C)C)CC[C@H]1c1ccccc1. The molecule has 4 nitrogen and oxygen atoms in total. The highest BCUT2D eigenvalue weighted by Crippen LogP contribution is 2.34. The number of carbonyl (C=O) groups excluding carboxylic acids is 2. The zero-order chi connectivity index (χ0) is 15.6.